The largest absolute Gasteiger partial charge is 0.494 e. The molecule has 0 spiro atoms. The van der Waals surface area contributed by atoms with Gasteiger partial charge in [0, 0.05) is 0 Å². The highest BCUT2D eigenvalue weighted by Crippen LogP contribution is 2.32. The molecular weight excluding hydrogens is 448 g/mol. The second-order valence-corrected chi connectivity index (χ2v) is 8.70. The molecule has 0 aliphatic carbocycles. The Morgan fingerprint density at radius 2 is 1.82 bits per heavy atom. The van der Waals surface area contributed by atoms with Gasteiger partial charge in [-0.3, -0.25) is 19.1 Å². The highest BCUT2D eigenvalue weighted by molar-refractivity contribution is 7.22. The van der Waals surface area contributed by atoms with Gasteiger partial charge in [0.05, 0.1) is 40.6 Å². The van der Waals surface area contributed by atoms with Gasteiger partial charge < -0.3 is 4.74 Å². The van der Waals surface area contributed by atoms with Crippen LogP contribution in [0.25, 0.3) is 21.3 Å². The molecule has 0 unspecified atom stereocenters. The molecule has 0 fully saturated rings. The number of hydrogen-bond acceptors (Lipinski definition) is 6. The molecule has 1 amide bonds. The van der Waals surface area contributed by atoms with Crippen LogP contribution in [0, 0.1) is 0 Å². The highest BCUT2D eigenvalue weighted by atomic mass is 32.1. The molecule has 5 rings (SSSR count). The van der Waals surface area contributed by atoms with Crippen LogP contribution in [0.5, 0.6) is 5.75 Å². The third-order valence-corrected chi connectivity index (χ3v) is 6.46. The summed E-state index contributed by atoms with van der Waals surface area (Å²) in [6.45, 7) is 2.74. The van der Waals surface area contributed by atoms with Crippen LogP contribution in [0.4, 0.5) is 5.13 Å². The van der Waals surface area contributed by atoms with Gasteiger partial charge >= 0.3 is 0 Å². The maximum Gasteiger partial charge on any atom is 0.269 e. The van der Waals surface area contributed by atoms with Crippen molar-refractivity contribution in [2.45, 2.75) is 20.0 Å². The van der Waals surface area contributed by atoms with Gasteiger partial charge in [0.15, 0.2) is 5.13 Å². The Labute approximate surface area is 199 Å². The SMILES string of the molecule is CCOc1ccc2nc(N(Cc3ccccc3)C(=O)Cn3c(=O)cnc4ccccc43)sc2c1. The van der Waals surface area contributed by atoms with Crippen LogP contribution < -0.4 is 15.2 Å². The zero-order valence-corrected chi connectivity index (χ0v) is 19.4. The molecule has 0 aliphatic heterocycles. The fourth-order valence-corrected chi connectivity index (χ4v) is 4.80. The van der Waals surface area contributed by atoms with E-state index in [1.54, 1.807) is 11.0 Å². The number of amides is 1. The molecule has 2 aromatic heterocycles. The Bertz CT molecular complexity index is 1530. The van der Waals surface area contributed by atoms with Crippen molar-refractivity contribution >= 4 is 43.6 Å². The molecule has 0 aliphatic rings. The Morgan fingerprint density at radius 1 is 1.03 bits per heavy atom. The summed E-state index contributed by atoms with van der Waals surface area (Å²) in [5.74, 6) is 0.535. The fraction of sp³-hybridized carbons (Fsp3) is 0.154. The minimum Gasteiger partial charge on any atom is -0.494 e. The summed E-state index contributed by atoms with van der Waals surface area (Å²) >= 11 is 1.43. The first-order chi connectivity index (χ1) is 16.6. The van der Waals surface area contributed by atoms with Gasteiger partial charge in [0.1, 0.15) is 12.3 Å². The van der Waals surface area contributed by atoms with E-state index in [4.69, 9.17) is 9.72 Å². The molecule has 0 saturated carbocycles. The van der Waals surface area contributed by atoms with Crippen LogP contribution >= 0.6 is 11.3 Å². The van der Waals surface area contributed by atoms with Gasteiger partial charge in [-0.05, 0) is 42.8 Å². The number of ether oxygens (including phenoxy) is 1. The van der Waals surface area contributed by atoms with Crippen LogP contribution in [0.1, 0.15) is 12.5 Å². The molecule has 3 aromatic carbocycles. The molecular formula is C26H22N4O3S. The molecule has 0 N–H and O–H groups in total. The molecule has 8 heteroatoms. The van der Waals surface area contributed by atoms with Gasteiger partial charge in [-0.25, -0.2) is 9.97 Å². The number of rotatable bonds is 7. The summed E-state index contributed by atoms with van der Waals surface area (Å²) in [4.78, 5) is 36.8. The number of aromatic nitrogens is 3. The molecule has 2 heterocycles. The average molecular weight is 471 g/mol. The Balaban J connectivity index is 1.54. The number of benzene rings is 3. The summed E-state index contributed by atoms with van der Waals surface area (Å²) < 4.78 is 8.00. The van der Waals surface area contributed by atoms with Crippen molar-refractivity contribution in [3.05, 3.63) is 94.9 Å². The molecule has 0 radical (unpaired) electrons. The smallest absolute Gasteiger partial charge is 0.269 e. The molecule has 0 bridgehead atoms. The van der Waals surface area contributed by atoms with E-state index in [-0.39, 0.29) is 18.0 Å². The monoisotopic (exact) mass is 470 g/mol. The standard InChI is InChI=1S/C26H22N4O3S/c1-2-33-19-12-13-21-23(14-19)34-26(28-21)30(16-18-8-4-3-5-9-18)25(32)17-29-22-11-7-6-10-20(22)27-15-24(29)31/h3-15H,2,16-17H2,1H3. The maximum absolute atomic E-state index is 13.6. The number of nitrogens with zero attached hydrogens (tertiary/aromatic N) is 4. The molecule has 170 valence electrons. The van der Waals surface area contributed by atoms with Crippen molar-refractivity contribution in [3.63, 3.8) is 0 Å². The maximum atomic E-state index is 13.6. The van der Waals surface area contributed by atoms with E-state index in [0.717, 1.165) is 21.5 Å². The van der Waals surface area contributed by atoms with E-state index in [0.29, 0.717) is 29.3 Å². The van der Waals surface area contributed by atoms with E-state index in [1.807, 2.05) is 73.7 Å². The van der Waals surface area contributed by atoms with Crippen LogP contribution in [-0.4, -0.2) is 27.0 Å². The van der Waals surface area contributed by atoms with Crippen molar-refractivity contribution in [1.82, 2.24) is 14.5 Å². The summed E-state index contributed by atoms with van der Waals surface area (Å²) in [5, 5.41) is 0.573. The number of thiazole rings is 1. The van der Waals surface area contributed by atoms with Crippen molar-refractivity contribution in [3.8, 4) is 5.75 Å². The van der Waals surface area contributed by atoms with Crippen molar-refractivity contribution < 1.29 is 9.53 Å². The first kappa shape index (κ1) is 21.8. The van der Waals surface area contributed by atoms with Crippen LogP contribution in [0.15, 0.2) is 83.8 Å². The molecule has 0 saturated heterocycles. The fourth-order valence-electron chi connectivity index (χ4n) is 3.79. The van der Waals surface area contributed by atoms with Crippen molar-refractivity contribution in [1.29, 1.82) is 0 Å². The minimum absolute atomic E-state index is 0.116. The topological polar surface area (TPSA) is 77.3 Å². The lowest BCUT2D eigenvalue weighted by molar-refractivity contribution is -0.119. The van der Waals surface area contributed by atoms with E-state index < -0.39 is 0 Å². The third kappa shape index (κ3) is 4.40. The second kappa shape index (κ2) is 9.44. The zero-order valence-electron chi connectivity index (χ0n) is 18.5. The van der Waals surface area contributed by atoms with Gasteiger partial charge in [0.25, 0.3) is 5.56 Å². The third-order valence-electron chi connectivity index (χ3n) is 5.42. The summed E-state index contributed by atoms with van der Waals surface area (Å²) in [6.07, 6.45) is 1.25. The first-order valence-electron chi connectivity index (χ1n) is 10.9. The van der Waals surface area contributed by atoms with E-state index >= 15 is 0 Å². The summed E-state index contributed by atoms with van der Waals surface area (Å²) in [7, 11) is 0. The number of anilines is 1. The number of carbonyl (C=O) groups is 1. The Kier molecular flexibility index (Phi) is 6.05. The normalized spacial score (nSPS) is 11.1. The number of carbonyl (C=O) groups excluding carboxylic acids is 1. The highest BCUT2D eigenvalue weighted by Gasteiger charge is 2.22. The number of fused-ring (bicyclic) bond motifs is 2. The quantitative estimate of drug-likeness (QED) is 0.346. The van der Waals surface area contributed by atoms with E-state index in [2.05, 4.69) is 4.98 Å². The van der Waals surface area contributed by atoms with E-state index in [9.17, 15) is 9.59 Å². The lowest BCUT2D eigenvalue weighted by Crippen LogP contribution is -2.36. The molecule has 7 nitrogen and oxygen atoms in total. The van der Waals surface area contributed by atoms with Crippen molar-refractivity contribution in [2.24, 2.45) is 0 Å². The first-order valence-corrected chi connectivity index (χ1v) is 11.8. The number of hydrogen-bond donors (Lipinski definition) is 0. The van der Waals surface area contributed by atoms with Crippen LogP contribution in [0.3, 0.4) is 0 Å². The molecule has 34 heavy (non-hydrogen) atoms. The number of para-hydroxylation sites is 2. The summed E-state index contributed by atoms with van der Waals surface area (Å²) in [6, 6.07) is 22.7. The second-order valence-electron chi connectivity index (χ2n) is 7.70. The average Bonchev–Trinajstić information content (AvgIpc) is 3.28. The van der Waals surface area contributed by atoms with Crippen molar-refractivity contribution in [2.75, 3.05) is 11.5 Å². The zero-order chi connectivity index (χ0) is 23.5. The summed E-state index contributed by atoms with van der Waals surface area (Å²) in [5.41, 5.74) is 2.72. The molecule has 5 aromatic rings. The molecule has 0 atom stereocenters. The van der Waals surface area contributed by atoms with Gasteiger partial charge in [-0.2, -0.15) is 0 Å². The van der Waals surface area contributed by atoms with Crippen LogP contribution in [0.2, 0.25) is 0 Å². The predicted octanol–water partition coefficient (Wildman–Crippen LogP) is 4.64. The Morgan fingerprint density at radius 3 is 2.65 bits per heavy atom. The lowest BCUT2D eigenvalue weighted by Gasteiger charge is -2.21. The lowest BCUT2D eigenvalue weighted by atomic mass is 10.2. The minimum atomic E-state index is -0.322. The van der Waals surface area contributed by atoms with E-state index in [1.165, 1.54) is 22.1 Å². The Hall–Kier alpha value is -4.04. The predicted molar refractivity (Wildman–Crippen MR) is 134 cm³/mol. The van der Waals surface area contributed by atoms with Gasteiger partial charge in [0.2, 0.25) is 5.91 Å². The van der Waals surface area contributed by atoms with Gasteiger partial charge in [-0.1, -0.05) is 53.8 Å². The van der Waals surface area contributed by atoms with Crippen LogP contribution in [-0.2, 0) is 17.9 Å². The van der Waals surface area contributed by atoms with Gasteiger partial charge in [-0.15, -0.1) is 0 Å².